The van der Waals surface area contributed by atoms with Crippen molar-refractivity contribution in [3.05, 3.63) is 69.2 Å². The molecule has 0 unspecified atom stereocenters. The molecule has 0 aromatic heterocycles. The van der Waals surface area contributed by atoms with E-state index in [4.69, 9.17) is 27.9 Å². The van der Waals surface area contributed by atoms with Crippen LogP contribution in [0.15, 0.2) is 48.0 Å². The van der Waals surface area contributed by atoms with Gasteiger partial charge in [0.1, 0.15) is 17.4 Å². The van der Waals surface area contributed by atoms with E-state index in [1.54, 1.807) is 42.5 Å². The van der Waals surface area contributed by atoms with E-state index in [0.717, 1.165) is 0 Å². The van der Waals surface area contributed by atoms with E-state index in [1.165, 1.54) is 13.2 Å². The van der Waals surface area contributed by atoms with Gasteiger partial charge in [-0.25, -0.2) is 0 Å². The van der Waals surface area contributed by atoms with Crippen LogP contribution in [0.5, 0.6) is 5.75 Å². The third-order valence-corrected chi connectivity index (χ3v) is 3.83. The van der Waals surface area contributed by atoms with Crippen molar-refractivity contribution >= 4 is 35.1 Å². The van der Waals surface area contributed by atoms with Gasteiger partial charge in [-0.05, 0) is 29.8 Å². The fraction of sp³-hybridized carbons (Fsp3) is 0.0588. The number of ketones is 1. The van der Waals surface area contributed by atoms with E-state index >= 15 is 0 Å². The first-order valence-corrected chi connectivity index (χ1v) is 7.07. The molecule has 3 nitrogen and oxygen atoms in total. The number of carbonyl (C=O) groups is 1. The van der Waals surface area contributed by atoms with Gasteiger partial charge >= 0.3 is 0 Å². The van der Waals surface area contributed by atoms with Crippen LogP contribution in [0.2, 0.25) is 10.0 Å². The first-order chi connectivity index (χ1) is 10.6. The highest BCUT2D eigenvalue weighted by Gasteiger charge is 2.17. The molecular formula is C17H11Cl2NO2. The average Bonchev–Trinajstić information content (AvgIpc) is 2.55. The lowest BCUT2D eigenvalue weighted by atomic mass is 10.0. The second kappa shape index (κ2) is 7.13. The summed E-state index contributed by atoms with van der Waals surface area (Å²) in [7, 11) is 1.47. The summed E-state index contributed by atoms with van der Waals surface area (Å²) in [6.07, 6.45) is 1.42. The first-order valence-electron chi connectivity index (χ1n) is 6.32. The van der Waals surface area contributed by atoms with E-state index in [1.807, 2.05) is 6.07 Å². The number of nitriles is 1. The van der Waals surface area contributed by atoms with Crippen LogP contribution in [0.3, 0.4) is 0 Å². The Kier molecular flexibility index (Phi) is 5.21. The lowest BCUT2D eigenvalue weighted by Gasteiger charge is -2.07. The molecule has 0 aliphatic rings. The predicted octanol–water partition coefficient (Wildman–Crippen LogP) is 4.79. The maximum Gasteiger partial charge on any atom is 0.207 e. The van der Waals surface area contributed by atoms with Crippen LogP contribution in [-0.4, -0.2) is 12.9 Å². The van der Waals surface area contributed by atoms with Crippen molar-refractivity contribution in [3.63, 3.8) is 0 Å². The lowest BCUT2D eigenvalue weighted by Crippen LogP contribution is -2.04. The van der Waals surface area contributed by atoms with Crippen molar-refractivity contribution in [3.8, 4) is 11.8 Å². The highest BCUT2D eigenvalue weighted by Crippen LogP contribution is 2.28. The fourth-order valence-electron chi connectivity index (χ4n) is 1.91. The number of allylic oxidation sites excluding steroid dienone is 1. The number of methoxy groups -OCH3 is 1. The quantitative estimate of drug-likeness (QED) is 0.459. The number of ether oxygens (including phenoxy) is 1. The lowest BCUT2D eigenvalue weighted by molar-refractivity contribution is 0.103. The summed E-state index contributed by atoms with van der Waals surface area (Å²) in [4.78, 5) is 12.5. The molecule has 5 heteroatoms. The minimum absolute atomic E-state index is 0.0475. The molecule has 0 fully saturated rings. The zero-order valence-corrected chi connectivity index (χ0v) is 13.2. The molecule has 0 saturated heterocycles. The highest BCUT2D eigenvalue weighted by molar-refractivity contribution is 6.43. The molecule has 0 heterocycles. The number of benzene rings is 2. The minimum Gasteiger partial charge on any atom is -0.496 e. The molecule has 0 saturated carbocycles. The first kappa shape index (κ1) is 16.1. The van der Waals surface area contributed by atoms with Crippen LogP contribution >= 0.6 is 23.2 Å². The number of nitrogens with zero attached hydrogens (tertiary/aromatic N) is 1. The summed E-state index contributed by atoms with van der Waals surface area (Å²) in [5.41, 5.74) is 0.776. The van der Waals surface area contributed by atoms with E-state index < -0.39 is 5.78 Å². The van der Waals surface area contributed by atoms with Crippen molar-refractivity contribution in [2.24, 2.45) is 0 Å². The number of halogens is 2. The van der Waals surface area contributed by atoms with Gasteiger partial charge < -0.3 is 4.74 Å². The zero-order chi connectivity index (χ0) is 16.1. The highest BCUT2D eigenvalue weighted by atomic mass is 35.5. The van der Waals surface area contributed by atoms with Crippen molar-refractivity contribution in [2.75, 3.05) is 7.11 Å². The second-order valence-corrected chi connectivity index (χ2v) is 5.13. The third kappa shape index (κ3) is 3.30. The third-order valence-electron chi connectivity index (χ3n) is 3.00. The van der Waals surface area contributed by atoms with E-state index in [9.17, 15) is 10.1 Å². The molecule has 110 valence electrons. The molecule has 0 radical (unpaired) electrons. The molecule has 0 aliphatic heterocycles. The molecule has 0 N–H and O–H groups in total. The molecule has 0 spiro atoms. The molecule has 2 aromatic rings. The van der Waals surface area contributed by atoms with Gasteiger partial charge in [-0.15, -0.1) is 0 Å². The van der Waals surface area contributed by atoms with Gasteiger partial charge in [0.15, 0.2) is 0 Å². The molecule has 0 aliphatic carbocycles. The van der Waals surface area contributed by atoms with Crippen molar-refractivity contribution in [2.45, 2.75) is 0 Å². The molecule has 0 bridgehead atoms. The van der Waals surface area contributed by atoms with E-state index in [2.05, 4.69) is 0 Å². The van der Waals surface area contributed by atoms with Crippen molar-refractivity contribution in [1.82, 2.24) is 0 Å². The van der Waals surface area contributed by atoms with Crippen LogP contribution in [0, 0.1) is 11.3 Å². The van der Waals surface area contributed by atoms with Crippen LogP contribution in [0.1, 0.15) is 15.9 Å². The average molecular weight is 332 g/mol. The van der Waals surface area contributed by atoms with Gasteiger partial charge in [0, 0.05) is 0 Å². The minimum atomic E-state index is -0.434. The van der Waals surface area contributed by atoms with Gasteiger partial charge in [0.05, 0.1) is 22.7 Å². The monoisotopic (exact) mass is 331 g/mol. The van der Waals surface area contributed by atoms with Gasteiger partial charge in [-0.1, -0.05) is 47.5 Å². The number of para-hydroxylation sites is 1. The standard InChI is InChI=1S/C17H11Cl2NO2/c1-22-15-8-3-2-6-13(15)17(21)12(10-20)9-11-5-4-7-14(18)16(11)19/h2-9H,1H3/b12-9+. The van der Waals surface area contributed by atoms with Crippen molar-refractivity contribution < 1.29 is 9.53 Å². The summed E-state index contributed by atoms with van der Waals surface area (Å²) in [5, 5.41) is 9.94. The molecule has 2 aromatic carbocycles. The van der Waals surface area contributed by atoms with Crippen molar-refractivity contribution in [1.29, 1.82) is 5.26 Å². The number of hydrogen-bond donors (Lipinski definition) is 0. The van der Waals surface area contributed by atoms with Gasteiger partial charge in [0.2, 0.25) is 5.78 Å². The Balaban J connectivity index is 2.48. The topological polar surface area (TPSA) is 50.1 Å². The Bertz CT molecular complexity index is 791. The Morgan fingerprint density at radius 3 is 2.59 bits per heavy atom. The van der Waals surface area contributed by atoms with E-state index in [0.29, 0.717) is 26.9 Å². The fourth-order valence-corrected chi connectivity index (χ4v) is 2.28. The summed E-state index contributed by atoms with van der Waals surface area (Å²) in [6, 6.07) is 13.6. The molecule has 0 atom stereocenters. The SMILES string of the molecule is COc1ccccc1C(=O)/C(C#N)=C/c1cccc(Cl)c1Cl. The van der Waals surface area contributed by atoms with Crippen LogP contribution < -0.4 is 4.74 Å². The molecule has 2 rings (SSSR count). The maximum atomic E-state index is 12.5. The van der Waals surface area contributed by atoms with Gasteiger partial charge in [-0.3, -0.25) is 4.79 Å². The summed E-state index contributed by atoms with van der Waals surface area (Å²) >= 11 is 12.0. The van der Waals surface area contributed by atoms with Gasteiger partial charge in [0.25, 0.3) is 0 Å². The van der Waals surface area contributed by atoms with E-state index in [-0.39, 0.29) is 5.57 Å². The summed E-state index contributed by atoms with van der Waals surface area (Å²) in [6.45, 7) is 0. The smallest absolute Gasteiger partial charge is 0.207 e. The summed E-state index contributed by atoms with van der Waals surface area (Å²) in [5.74, 6) is -0.0261. The second-order valence-electron chi connectivity index (χ2n) is 4.34. The maximum absolute atomic E-state index is 12.5. The Morgan fingerprint density at radius 2 is 1.91 bits per heavy atom. The number of Topliss-reactive ketones (excluding diaryl/α,β-unsaturated/α-hetero) is 1. The number of carbonyl (C=O) groups excluding carboxylic acids is 1. The Hall–Kier alpha value is -2.28. The van der Waals surface area contributed by atoms with Crippen LogP contribution in [0.25, 0.3) is 6.08 Å². The number of hydrogen-bond acceptors (Lipinski definition) is 3. The molecule has 22 heavy (non-hydrogen) atoms. The number of rotatable bonds is 4. The molecule has 0 amide bonds. The Morgan fingerprint density at radius 1 is 1.18 bits per heavy atom. The zero-order valence-electron chi connectivity index (χ0n) is 11.6. The summed E-state index contributed by atoms with van der Waals surface area (Å²) < 4.78 is 5.15. The van der Waals surface area contributed by atoms with Crippen LogP contribution in [0.4, 0.5) is 0 Å². The van der Waals surface area contributed by atoms with Gasteiger partial charge in [-0.2, -0.15) is 5.26 Å². The normalized spacial score (nSPS) is 10.9. The molecular weight excluding hydrogens is 321 g/mol. The van der Waals surface area contributed by atoms with Crippen LogP contribution in [-0.2, 0) is 0 Å². The largest absolute Gasteiger partial charge is 0.496 e. The predicted molar refractivity (Wildman–Crippen MR) is 87.4 cm³/mol. The Labute approximate surface area is 138 Å².